The van der Waals surface area contributed by atoms with Gasteiger partial charge in [-0.25, -0.2) is 11.0 Å². The van der Waals surface area contributed by atoms with Gasteiger partial charge in [-0.1, -0.05) is 24.3 Å². The number of hydrogen-bond donors (Lipinski definition) is 3. The van der Waals surface area contributed by atoms with Crippen molar-refractivity contribution in [1.29, 1.82) is 0 Å². The van der Waals surface area contributed by atoms with Crippen LogP contribution in [-0.4, -0.2) is 43.3 Å². The topological polar surface area (TPSA) is 101 Å². The number of hydroxylamine groups is 2. The van der Waals surface area contributed by atoms with Gasteiger partial charge in [0.1, 0.15) is 12.6 Å². The van der Waals surface area contributed by atoms with Crippen molar-refractivity contribution in [2.24, 2.45) is 4.99 Å². The summed E-state index contributed by atoms with van der Waals surface area (Å²) in [4.78, 5) is 36.4. The minimum atomic E-state index is -0.484. The van der Waals surface area contributed by atoms with Crippen molar-refractivity contribution in [3.05, 3.63) is 35.4 Å². The fourth-order valence-corrected chi connectivity index (χ4v) is 2.08. The molecule has 1 aromatic rings. The van der Waals surface area contributed by atoms with E-state index < -0.39 is 6.04 Å². The van der Waals surface area contributed by atoms with E-state index in [1.165, 1.54) is 0 Å². The third-order valence-electron chi connectivity index (χ3n) is 3.39. The second kappa shape index (κ2) is 6.65. The summed E-state index contributed by atoms with van der Waals surface area (Å²) in [5, 5.41) is 3.11. The van der Waals surface area contributed by atoms with E-state index in [1.54, 1.807) is 6.21 Å². The Hall–Kier alpha value is -2.29. The highest BCUT2D eigenvalue weighted by atomic mass is 16.7. The second-order valence-corrected chi connectivity index (χ2v) is 5.02. The summed E-state index contributed by atoms with van der Waals surface area (Å²) in [7, 11) is 0. The third kappa shape index (κ3) is 3.48. The molecule has 0 saturated carbocycles. The van der Waals surface area contributed by atoms with Crippen LogP contribution in [0, 0.1) is 0 Å². The Kier molecular flexibility index (Phi) is 4.42. The van der Waals surface area contributed by atoms with Crippen molar-refractivity contribution in [1.82, 2.24) is 16.3 Å². The van der Waals surface area contributed by atoms with Crippen LogP contribution in [0.2, 0.25) is 0 Å². The zero-order chi connectivity index (χ0) is 15.4. The van der Waals surface area contributed by atoms with E-state index in [0.29, 0.717) is 13.2 Å². The van der Waals surface area contributed by atoms with E-state index in [2.05, 4.69) is 21.3 Å². The molecule has 2 aliphatic heterocycles. The van der Waals surface area contributed by atoms with Crippen LogP contribution in [0.4, 0.5) is 0 Å². The monoisotopic (exact) mass is 304 g/mol. The van der Waals surface area contributed by atoms with Crippen LogP contribution in [0.1, 0.15) is 11.1 Å². The third-order valence-corrected chi connectivity index (χ3v) is 3.39. The second-order valence-electron chi connectivity index (χ2n) is 5.02. The fourth-order valence-electron chi connectivity index (χ4n) is 2.08. The van der Waals surface area contributed by atoms with Crippen LogP contribution in [0.5, 0.6) is 0 Å². The lowest BCUT2D eigenvalue weighted by molar-refractivity contribution is -0.125. The molecular weight excluding hydrogens is 288 g/mol. The van der Waals surface area contributed by atoms with E-state index in [9.17, 15) is 9.59 Å². The maximum atomic E-state index is 11.3. The molecule has 2 unspecified atom stereocenters. The number of nitrogens with zero attached hydrogens (tertiary/aromatic N) is 1. The highest BCUT2D eigenvalue weighted by Crippen LogP contribution is 2.06. The largest absolute Gasteiger partial charge is 0.300 e. The molecule has 1 aromatic carbocycles. The van der Waals surface area contributed by atoms with Gasteiger partial charge in [0, 0.05) is 12.8 Å². The predicted molar refractivity (Wildman–Crippen MR) is 76.6 cm³/mol. The summed E-state index contributed by atoms with van der Waals surface area (Å²) in [5.41, 5.74) is 6.49. The summed E-state index contributed by atoms with van der Waals surface area (Å²) >= 11 is 0. The molecule has 116 valence electrons. The van der Waals surface area contributed by atoms with Crippen LogP contribution in [0.3, 0.4) is 0 Å². The van der Waals surface area contributed by atoms with Crippen molar-refractivity contribution in [2.45, 2.75) is 18.6 Å². The Morgan fingerprint density at radius 1 is 1.14 bits per heavy atom. The van der Waals surface area contributed by atoms with Crippen molar-refractivity contribution in [3.8, 4) is 0 Å². The summed E-state index contributed by atoms with van der Waals surface area (Å²) in [6, 6.07) is 6.88. The Balaban J connectivity index is 1.52. The number of benzene rings is 1. The Morgan fingerprint density at radius 3 is 2.50 bits per heavy atom. The van der Waals surface area contributed by atoms with Gasteiger partial charge >= 0.3 is 0 Å². The van der Waals surface area contributed by atoms with Gasteiger partial charge in [0.25, 0.3) is 11.8 Å². The summed E-state index contributed by atoms with van der Waals surface area (Å²) in [5.74, 6) is -0.380. The van der Waals surface area contributed by atoms with Crippen molar-refractivity contribution < 1.29 is 19.3 Å². The molecule has 0 aliphatic carbocycles. The lowest BCUT2D eigenvalue weighted by atomic mass is 10.1. The predicted octanol–water partition coefficient (Wildman–Crippen LogP) is -0.945. The van der Waals surface area contributed by atoms with E-state index in [0.717, 1.165) is 11.1 Å². The maximum absolute atomic E-state index is 11.3. The first kappa shape index (κ1) is 14.6. The molecule has 22 heavy (non-hydrogen) atoms. The van der Waals surface area contributed by atoms with Gasteiger partial charge in [-0.05, 0) is 11.1 Å². The summed E-state index contributed by atoms with van der Waals surface area (Å²) in [6.07, 6.45) is 1.65. The van der Waals surface area contributed by atoms with Crippen LogP contribution in [0.15, 0.2) is 29.3 Å². The molecule has 2 fully saturated rings. The molecule has 3 rings (SSSR count). The number of rotatable bonds is 5. The van der Waals surface area contributed by atoms with E-state index in [-0.39, 0.29) is 24.5 Å². The number of nitrogens with one attached hydrogen (secondary N) is 3. The SMILES string of the molecule is O=C1NOCC1/N=C/c1ccc(CNC2CONC2=O)cc1. The van der Waals surface area contributed by atoms with Gasteiger partial charge in [-0.2, -0.15) is 0 Å². The molecule has 8 nitrogen and oxygen atoms in total. The average Bonchev–Trinajstić information content (AvgIpc) is 3.12. The smallest absolute Gasteiger partial charge is 0.270 e. The number of aliphatic imine (C=N–C) groups is 1. The van der Waals surface area contributed by atoms with Crippen LogP contribution in [0.25, 0.3) is 0 Å². The molecular formula is C14H16N4O4. The number of amides is 2. The first-order valence-electron chi connectivity index (χ1n) is 6.91. The molecule has 2 atom stereocenters. The molecule has 0 aromatic heterocycles. The van der Waals surface area contributed by atoms with Crippen LogP contribution >= 0.6 is 0 Å². The highest BCUT2D eigenvalue weighted by Gasteiger charge is 2.25. The quantitative estimate of drug-likeness (QED) is 0.609. The Bertz CT molecular complexity index is 587. The molecule has 3 N–H and O–H groups in total. The maximum Gasteiger partial charge on any atom is 0.270 e. The molecule has 2 amide bonds. The molecule has 0 radical (unpaired) electrons. The zero-order valence-corrected chi connectivity index (χ0v) is 11.7. The lowest BCUT2D eigenvalue weighted by Crippen LogP contribution is -2.37. The van der Waals surface area contributed by atoms with Crippen molar-refractivity contribution >= 4 is 18.0 Å². The van der Waals surface area contributed by atoms with Crippen LogP contribution in [-0.2, 0) is 25.8 Å². The van der Waals surface area contributed by atoms with E-state index in [1.807, 2.05) is 24.3 Å². The molecule has 0 spiro atoms. The Labute approximate surface area is 126 Å². The number of carbonyl (C=O) groups excluding carboxylic acids is 2. The van der Waals surface area contributed by atoms with E-state index >= 15 is 0 Å². The standard InChI is InChI=1S/C14H16N4O4/c19-13-11(7-21-17-13)15-5-9-1-2-10(4-3-9)6-16-12-8-22-18-14(12)20/h1-5,11-12,16H,6-8H2,(H,17,19)(H,18,20)/b15-5+. The highest BCUT2D eigenvalue weighted by molar-refractivity contribution is 5.87. The summed E-state index contributed by atoms with van der Waals surface area (Å²) < 4.78 is 0. The van der Waals surface area contributed by atoms with Gasteiger partial charge in [0.05, 0.1) is 6.61 Å². The molecule has 2 heterocycles. The molecule has 2 saturated heterocycles. The number of hydrogen-bond acceptors (Lipinski definition) is 6. The normalized spacial score (nSPS) is 24.7. The van der Waals surface area contributed by atoms with Gasteiger partial charge in [-0.3, -0.25) is 29.6 Å². The minimum Gasteiger partial charge on any atom is -0.300 e. The number of carbonyl (C=O) groups is 2. The van der Waals surface area contributed by atoms with Crippen LogP contribution < -0.4 is 16.3 Å². The zero-order valence-electron chi connectivity index (χ0n) is 11.7. The fraction of sp³-hybridized carbons (Fsp3) is 0.357. The Morgan fingerprint density at radius 2 is 1.86 bits per heavy atom. The van der Waals surface area contributed by atoms with Gasteiger partial charge < -0.3 is 0 Å². The molecule has 8 heteroatoms. The molecule has 2 aliphatic rings. The van der Waals surface area contributed by atoms with Gasteiger partial charge in [0.2, 0.25) is 0 Å². The lowest BCUT2D eigenvalue weighted by Gasteiger charge is -2.08. The minimum absolute atomic E-state index is 0.152. The van der Waals surface area contributed by atoms with Crippen molar-refractivity contribution in [2.75, 3.05) is 13.2 Å². The van der Waals surface area contributed by atoms with E-state index in [4.69, 9.17) is 9.68 Å². The first-order chi connectivity index (χ1) is 10.7. The first-order valence-corrected chi connectivity index (χ1v) is 6.91. The molecule has 0 bridgehead atoms. The average molecular weight is 304 g/mol. The van der Waals surface area contributed by atoms with Gasteiger partial charge in [-0.15, -0.1) is 0 Å². The summed E-state index contributed by atoms with van der Waals surface area (Å²) in [6.45, 7) is 1.15. The van der Waals surface area contributed by atoms with Crippen molar-refractivity contribution in [3.63, 3.8) is 0 Å². The van der Waals surface area contributed by atoms with Gasteiger partial charge in [0.15, 0.2) is 6.04 Å².